The smallest absolute Gasteiger partial charge is 0.215 e. The number of hydrogen-bond acceptors (Lipinski definition) is 5. The standard InChI is InChI=1S/C22H28N2O4S/c1-17-4-2-5-18(14-17)16-29(25,26)23-9-11-24-10-3-6-20(24)19-7-8-21-22(15-19)28-13-12-27-21/h2,4-5,7-8,14-15,20,23H,3,6,9-13,16H2,1H3. The summed E-state index contributed by atoms with van der Waals surface area (Å²) in [6.07, 6.45) is 2.17. The molecule has 2 aliphatic rings. The van der Waals surface area contributed by atoms with Gasteiger partial charge in [-0.15, -0.1) is 0 Å². The van der Waals surface area contributed by atoms with Crippen LogP contribution in [0.15, 0.2) is 42.5 Å². The zero-order valence-electron chi connectivity index (χ0n) is 16.8. The summed E-state index contributed by atoms with van der Waals surface area (Å²) in [6.45, 7) is 5.20. The fourth-order valence-electron chi connectivity index (χ4n) is 4.16. The van der Waals surface area contributed by atoms with Gasteiger partial charge in [-0.05, 0) is 49.6 Å². The minimum absolute atomic E-state index is 0.0142. The molecule has 6 nitrogen and oxygen atoms in total. The summed E-state index contributed by atoms with van der Waals surface area (Å²) in [5.74, 6) is 1.62. The maximum Gasteiger partial charge on any atom is 0.215 e. The van der Waals surface area contributed by atoms with Crippen LogP contribution in [0.2, 0.25) is 0 Å². The Morgan fingerprint density at radius 3 is 2.76 bits per heavy atom. The normalized spacial score (nSPS) is 19.4. The van der Waals surface area contributed by atoms with E-state index in [2.05, 4.69) is 21.8 Å². The van der Waals surface area contributed by atoms with Crippen LogP contribution in [0, 0.1) is 6.92 Å². The van der Waals surface area contributed by atoms with Gasteiger partial charge in [0.2, 0.25) is 10.0 Å². The average Bonchev–Trinajstić information content (AvgIpc) is 3.15. The number of rotatable bonds is 7. The zero-order chi connectivity index (χ0) is 20.3. The molecule has 0 amide bonds. The van der Waals surface area contributed by atoms with Gasteiger partial charge in [-0.2, -0.15) is 0 Å². The number of aryl methyl sites for hydroxylation is 1. The Hall–Kier alpha value is -2.09. The van der Waals surface area contributed by atoms with E-state index >= 15 is 0 Å². The van der Waals surface area contributed by atoms with Gasteiger partial charge in [0.1, 0.15) is 13.2 Å². The molecule has 0 aromatic heterocycles. The predicted molar refractivity (Wildman–Crippen MR) is 113 cm³/mol. The molecule has 0 radical (unpaired) electrons. The number of nitrogens with one attached hydrogen (secondary N) is 1. The first-order chi connectivity index (χ1) is 14.0. The van der Waals surface area contributed by atoms with Gasteiger partial charge in [-0.25, -0.2) is 13.1 Å². The topological polar surface area (TPSA) is 67.9 Å². The molecule has 7 heteroatoms. The molecule has 0 spiro atoms. The number of hydrogen-bond donors (Lipinski definition) is 1. The summed E-state index contributed by atoms with van der Waals surface area (Å²) in [7, 11) is -3.35. The highest BCUT2D eigenvalue weighted by atomic mass is 32.2. The Labute approximate surface area is 172 Å². The summed E-state index contributed by atoms with van der Waals surface area (Å²) >= 11 is 0. The number of sulfonamides is 1. The van der Waals surface area contributed by atoms with Gasteiger partial charge in [0.25, 0.3) is 0 Å². The first kappa shape index (κ1) is 20.2. The molecule has 156 valence electrons. The van der Waals surface area contributed by atoms with E-state index in [-0.39, 0.29) is 11.8 Å². The van der Waals surface area contributed by atoms with Gasteiger partial charge >= 0.3 is 0 Å². The van der Waals surface area contributed by atoms with E-state index < -0.39 is 10.0 Å². The molecule has 1 saturated heterocycles. The fraction of sp³-hybridized carbons (Fsp3) is 0.455. The first-order valence-electron chi connectivity index (χ1n) is 10.2. The quantitative estimate of drug-likeness (QED) is 0.752. The van der Waals surface area contributed by atoms with Gasteiger partial charge in [0.15, 0.2) is 11.5 Å². The van der Waals surface area contributed by atoms with Crippen molar-refractivity contribution in [1.82, 2.24) is 9.62 Å². The lowest BCUT2D eigenvalue weighted by molar-refractivity contribution is 0.170. The van der Waals surface area contributed by atoms with E-state index in [1.807, 2.05) is 37.3 Å². The predicted octanol–water partition coefficient (Wildman–Crippen LogP) is 3.02. The maximum absolute atomic E-state index is 12.4. The van der Waals surface area contributed by atoms with Gasteiger partial charge < -0.3 is 9.47 Å². The molecule has 1 N–H and O–H groups in total. The van der Waals surface area contributed by atoms with Crippen LogP contribution in [0.25, 0.3) is 0 Å². The van der Waals surface area contributed by atoms with Crippen molar-refractivity contribution in [3.8, 4) is 11.5 Å². The van der Waals surface area contributed by atoms with E-state index in [1.54, 1.807) is 0 Å². The van der Waals surface area contributed by atoms with Crippen molar-refractivity contribution in [2.45, 2.75) is 31.6 Å². The lowest BCUT2D eigenvalue weighted by atomic mass is 10.0. The lowest BCUT2D eigenvalue weighted by Gasteiger charge is -2.26. The third kappa shape index (κ3) is 5.10. The van der Waals surface area contributed by atoms with Crippen LogP contribution >= 0.6 is 0 Å². The molecular formula is C22H28N2O4S. The number of likely N-dealkylation sites (tertiary alicyclic amines) is 1. The summed E-state index contributed by atoms with van der Waals surface area (Å²) in [5, 5.41) is 0. The Kier molecular flexibility index (Phi) is 6.08. The number of nitrogens with zero attached hydrogens (tertiary/aromatic N) is 1. The summed E-state index contributed by atoms with van der Waals surface area (Å²) in [4.78, 5) is 2.35. The Morgan fingerprint density at radius 2 is 1.93 bits per heavy atom. The molecule has 29 heavy (non-hydrogen) atoms. The Morgan fingerprint density at radius 1 is 1.10 bits per heavy atom. The van der Waals surface area contributed by atoms with Crippen molar-refractivity contribution in [1.29, 1.82) is 0 Å². The van der Waals surface area contributed by atoms with Crippen LogP contribution in [0.4, 0.5) is 0 Å². The third-order valence-electron chi connectivity index (χ3n) is 5.47. The molecule has 1 atom stereocenters. The highest BCUT2D eigenvalue weighted by Crippen LogP contribution is 2.37. The molecule has 2 heterocycles. The van der Waals surface area contributed by atoms with E-state index in [9.17, 15) is 8.42 Å². The molecule has 0 bridgehead atoms. The van der Waals surface area contributed by atoms with Gasteiger partial charge in [0, 0.05) is 19.1 Å². The number of fused-ring (bicyclic) bond motifs is 1. The van der Waals surface area contributed by atoms with E-state index in [1.165, 1.54) is 5.56 Å². The summed E-state index contributed by atoms with van der Waals surface area (Å²) in [5.41, 5.74) is 3.08. The second kappa shape index (κ2) is 8.73. The van der Waals surface area contributed by atoms with Crippen molar-refractivity contribution in [3.05, 3.63) is 59.2 Å². The Balaban J connectivity index is 1.34. The van der Waals surface area contributed by atoms with Crippen molar-refractivity contribution in [2.24, 2.45) is 0 Å². The van der Waals surface area contributed by atoms with Crippen LogP contribution in [-0.4, -0.2) is 46.2 Å². The molecular weight excluding hydrogens is 388 g/mol. The summed E-state index contributed by atoms with van der Waals surface area (Å²) in [6, 6.07) is 14.1. The van der Waals surface area contributed by atoms with Crippen molar-refractivity contribution < 1.29 is 17.9 Å². The maximum atomic E-state index is 12.4. The molecule has 1 unspecified atom stereocenters. The molecule has 1 fully saturated rings. The van der Waals surface area contributed by atoms with E-state index in [0.717, 1.165) is 42.0 Å². The van der Waals surface area contributed by atoms with Crippen LogP contribution in [-0.2, 0) is 15.8 Å². The minimum Gasteiger partial charge on any atom is -0.486 e. The highest BCUT2D eigenvalue weighted by Gasteiger charge is 2.27. The second-order valence-corrected chi connectivity index (χ2v) is 9.55. The van der Waals surface area contributed by atoms with Crippen molar-refractivity contribution in [3.63, 3.8) is 0 Å². The molecule has 4 rings (SSSR count). The van der Waals surface area contributed by atoms with Gasteiger partial charge in [-0.3, -0.25) is 4.90 Å². The molecule has 0 aliphatic carbocycles. The van der Waals surface area contributed by atoms with Crippen molar-refractivity contribution in [2.75, 3.05) is 32.8 Å². The van der Waals surface area contributed by atoms with Crippen LogP contribution in [0.3, 0.4) is 0 Å². The monoisotopic (exact) mass is 416 g/mol. The molecule has 2 aromatic rings. The van der Waals surface area contributed by atoms with Crippen LogP contribution in [0.1, 0.15) is 35.6 Å². The van der Waals surface area contributed by atoms with Gasteiger partial charge in [0.05, 0.1) is 5.75 Å². The molecule has 0 saturated carbocycles. The number of benzene rings is 2. The third-order valence-corrected chi connectivity index (χ3v) is 6.83. The van der Waals surface area contributed by atoms with E-state index in [4.69, 9.17) is 9.47 Å². The minimum atomic E-state index is -3.35. The lowest BCUT2D eigenvalue weighted by Crippen LogP contribution is -2.35. The fourth-order valence-corrected chi connectivity index (χ4v) is 5.28. The largest absolute Gasteiger partial charge is 0.486 e. The van der Waals surface area contributed by atoms with Crippen LogP contribution < -0.4 is 14.2 Å². The SMILES string of the molecule is Cc1cccc(CS(=O)(=O)NCCN2CCCC2c2ccc3c(c2)OCCO3)c1. The van der Waals surface area contributed by atoms with Crippen molar-refractivity contribution >= 4 is 10.0 Å². The second-order valence-electron chi connectivity index (χ2n) is 7.74. The number of ether oxygens (including phenoxy) is 2. The highest BCUT2D eigenvalue weighted by molar-refractivity contribution is 7.88. The Bertz CT molecular complexity index is 961. The molecule has 2 aromatic carbocycles. The average molecular weight is 417 g/mol. The van der Waals surface area contributed by atoms with Crippen LogP contribution in [0.5, 0.6) is 11.5 Å². The van der Waals surface area contributed by atoms with E-state index in [0.29, 0.717) is 26.3 Å². The van der Waals surface area contributed by atoms with Gasteiger partial charge in [-0.1, -0.05) is 35.9 Å². The summed E-state index contributed by atoms with van der Waals surface area (Å²) < 4.78 is 39.0. The first-order valence-corrected chi connectivity index (χ1v) is 11.8. The molecule has 2 aliphatic heterocycles. The zero-order valence-corrected chi connectivity index (χ0v) is 17.6.